The molecule has 0 aromatic heterocycles. The van der Waals surface area contributed by atoms with Gasteiger partial charge >= 0.3 is 6.03 Å². The SMILES string of the molecule is Cc1ccc(C(C)NC(=O)N2CCC(S(C)(=O)=O)C2)cc1F. The molecular weight excluding hydrogens is 307 g/mol. The van der Waals surface area contributed by atoms with E-state index in [0.717, 1.165) is 0 Å². The van der Waals surface area contributed by atoms with E-state index in [2.05, 4.69) is 5.32 Å². The highest BCUT2D eigenvalue weighted by atomic mass is 32.2. The van der Waals surface area contributed by atoms with Crippen molar-refractivity contribution in [3.05, 3.63) is 35.1 Å². The number of hydrogen-bond donors (Lipinski definition) is 1. The van der Waals surface area contributed by atoms with Gasteiger partial charge in [-0.05, 0) is 37.5 Å². The number of urea groups is 1. The molecule has 2 amide bonds. The summed E-state index contributed by atoms with van der Waals surface area (Å²) in [5.74, 6) is -0.308. The second-order valence-corrected chi connectivity index (χ2v) is 8.19. The minimum absolute atomic E-state index is 0.208. The lowest BCUT2D eigenvalue weighted by Gasteiger charge is -2.21. The molecule has 7 heteroatoms. The molecule has 0 aliphatic carbocycles. The van der Waals surface area contributed by atoms with Gasteiger partial charge in [-0.15, -0.1) is 0 Å². The predicted molar refractivity (Wildman–Crippen MR) is 82.9 cm³/mol. The zero-order chi connectivity index (χ0) is 16.5. The molecule has 0 saturated carbocycles. The monoisotopic (exact) mass is 328 g/mol. The lowest BCUT2D eigenvalue weighted by Crippen LogP contribution is -2.40. The van der Waals surface area contributed by atoms with Gasteiger partial charge in [0.2, 0.25) is 0 Å². The zero-order valence-corrected chi connectivity index (χ0v) is 13.8. The van der Waals surface area contributed by atoms with Gasteiger partial charge in [-0.3, -0.25) is 0 Å². The topological polar surface area (TPSA) is 66.5 Å². The maximum Gasteiger partial charge on any atom is 0.317 e. The maximum atomic E-state index is 13.6. The summed E-state index contributed by atoms with van der Waals surface area (Å²) in [6, 6.07) is 4.18. The summed E-state index contributed by atoms with van der Waals surface area (Å²) in [4.78, 5) is 13.7. The Morgan fingerprint density at radius 1 is 1.45 bits per heavy atom. The van der Waals surface area contributed by atoms with E-state index >= 15 is 0 Å². The number of carbonyl (C=O) groups is 1. The molecule has 22 heavy (non-hydrogen) atoms. The Hall–Kier alpha value is -1.63. The minimum Gasteiger partial charge on any atom is -0.331 e. The van der Waals surface area contributed by atoms with Crippen LogP contribution < -0.4 is 5.32 Å². The first-order valence-electron chi connectivity index (χ1n) is 7.19. The van der Waals surface area contributed by atoms with E-state index in [9.17, 15) is 17.6 Å². The second-order valence-electron chi connectivity index (χ2n) is 5.87. The predicted octanol–water partition coefficient (Wildman–Crippen LogP) is 2.02. The molecule has 1 aliphatic rings. The van der Waals surface area contributed by atoms with E-state index in [-0.39, 0.29) is 24.4 Å². The number of amides is 2. The van der Waals surface area contributed by atoms with E-state index in [1.165, 1.54) is 17.2 Å². The zero-order valence-electron chi connectivity index (χ0n) is 13.0. The van der Waals surface area contributed by atoms with Crippen molar-refractivity contribution in [3.63, 3.8) is 0 Å². The van der Waals surface area contributed by atoms with Gasteiger partial charge in [0, 0.05) is 19.3 Å². The molecule has 1 aliphatic heterocycles. The first-order chi connectivity index (χ1) is 10.2. The number of carbonyl (C=O) groups excluding carboxylic acids is 1. The smallest absolute Gasteiger partial charge is 0.317 e. The van der Waals surface area contributed by atoms with Crippen LogP contribution in [0.4, 0.5) is 9.18 Å². The average molecular weight is 328 g/mol. The molecule has 0 radical (unpaired) electrons. The van der Waals surface area contributed by atoms with Crippen LogP contribution in [0, 0.1) is 12.7 Å². The molecule has 2 atom stereocenters. The molecule has 0 bridgehead atoms. The number of likely N-dealkylation sites (tertiary alicyclic amines) is 1. The van der Waals surface area contributed by atoms with Crippen molar-refractivity contribution in [2.75, 3.05) is 19.3 Å². The highest BCUT2D eigenvalue weighted by Gasteiger charge is 2.32. The second kappa shape index (κ2) is 6.24. The summed E-state index contributed by atoms with van der Waals surface area (Å²) >= 11 is 0. The minimum atomic E-state index is -3.13. The third-order valence-corrected chi connectivity index (χ3v) is 5.67. The fourth-order valence-electron chi connectivity index (χ4n) is 2.50. The number of sulfone groups is 1. The molecule has 1 heterocycles. The van der Waals surface area contributed by atoms with Crippen LogP contribution in [0.1, 0.15) is 30.5 Å². The van der Waals surface area contributed by atoms with Gasteiger partial charge in [0.15, 0.2) is 9.84 Å². The Balaban J connectivity index is 1.99. The van der Waals surface area contributed by atoms with Crippen molar-refractivity contribution < 1.29 is 17.6 Å². The first-order valence-corrected chi connectivity index (χ1v) is 9.14. The van der Waals surface area contributed by atoms with Gasteiger partial charge in [0.1, 0.15) is 5.82 Å². The lowest BCUT2D eigenvalue weighted by atomic mass is 10.1. The van der Waals surface area contributed by atoms with Gasteiger partial charge in [-0.2, -0.15) is 0 Å². The third-order valence-electron chi connectivity index (χ3n) is 4.07. The van der Waals surface area contributed by atoms with Crippen molar-refractivity contribution in [2.45, 2.75) is 31.6 Å². The molecule has 1 N–H and O–H groups in total. The van der Waals surface area contributed by atoms with Crippen molar-refractivity contribution in [3.8, 4) is 0 Å². The molecule has 1 fully saturated rings. The van der Waals surface area contributed by atoms with Gasteiger partial charge in [0.25, 0.3) is 0 Å². The Labute approximate surface area is 130 Å². The number of aryl methyl sites for hydroxylation is 1. The van der Waals surface area contributed by atoms with Crippen molar-refractivity contribution in [1.82, 2.24) is 10.2 Å². The Morgan fingerprint density at radius 3 is 2.68 bits per heavy atom. The molecule has 0 spiro atoms. The number of nitrogens with one attached hydrogen (secondary N) is 1. The Bertz CT molecular complexity index is 675. The Morgan fingerprint density at radius 2 is 2.14 bits per heavy atom. The largest absolute Gasteiger partial charge is 0.331 e. The van der Waals surface area contributed by atoms with Gasteiger partial charge in [0.05, 0.1) is 11.3 Å². The van der Waals surface area contributed by atoms with Gasteiger partial charge in [-0.25, -0.2) is 17.6 Å². The summed E-state index contributed by atoms with van der Waals surface area (Å²) in [7, 11) is -3.13. The molecule has 2 rings (SSSR count). The van der Waals surface area contributed by atoms with Crippen LogP contribution in [0.2, 0.25) is 0 Å². The van der Waals surface area contributed by atoms with Crippen LogP contribution in [0.15, 0.2) is 18.2 Å². The summed E-state index contributed by atoms with van der Waals surface area (Å²) in [5.41, 5.74) is 1.23. The number of nitrogens with zero attached hydrogens (tertiary/aromatic N) is 1. The van der Waals surface area contributed by atoms with E-state index in [0.29, 0.717) is 24.1 Å². The number of halogens is 1. The lowest BCUT2D eigenvalue weighted by molar-refractivity contribution is 0.205. The summed E-state index contributed by atoms with van der Waals surface area (Å²) in [6.07, 6.45) is 1.65. The molecule has 122 valence electrons. The summed E-state index contributed by atoms with van der Waals surface area (Å²) in [6.45, 7) is 4.07. The quantitative estimate of drug-likeness (QED) is 0.923. The summed E-state index contributed by atoms with van der Waals surface area (Å²) < 4.78 is 36.6. The number of benzene rings is 1. The molecule has 5 nitrogen and oxygen atoms in total. The average Bonchev–Trinajstić information content (AvgIpc) is 2.91. The highest BCUT2D eigenvalue weighted by Crippen LogP contribution is 2.19. The van der Waals surface area contributed by atoms with Crippen LogP contribution in [-0.4, -0.2) is 43.9 Å². The fraction of sp³-hybridized carbons (Fsp3) is 0.533. The normalized spacial score (nSPS) is 20.0. The molecule has 1 aromatic rings. The van der Waals surface area contributed by atoms with Crippen LogP contribution in [0.5, 0.6) is 0 Å². The molecular formula is C15H21FN2O3S. The van der Waals surface area contributed by atoms with Gasteiger partial charge in [-0.1, -0.05) is 12.1 Å². The van der Waals surface area contributed by atoms with Crippen molar-refractivity contribution in [1.29, 1.82) is 0 Å². The third kappa shape index (κ3) is 3.76. The van der Waals surface area contributed by atoms with E-state index < -0.39 is 15.1 Å². The maximum absolute atomic E-state index is 13.6. The van der Waals surface area contributed by atoms with Crippen molar-refractivity contribution in [2.24, 2.45) is 0 Å². The van der Waals surface area contributed by atoms with Crippen LogP contribution >= 0.6 is 0 Å². The molecule has 1 saturated heterocycles. The van der Waals surface area contributed by atoms with Gasteiger partial charge < -0.3 is 10.2 Å². The Kier molecular flexibility index (Phi) is 4.75. The van der Waals surface area contributed by atoms with E-state index in [1.807, 2.05) is 0 Å². The highest BCUT2D eigenvalue weighted by molar-refractivity contribution is 7.91. The summed E-state index contributed by atoms with van der Waals surface area (Å²) in [5, 5.41) is 2.29. The van der Waals surface area contributed by atoms with Crippen LogP contribution in [0.3, 0.4) is 0 Å². The van der Waals surface area contributed by atoms with Crippen LogP contribution in [-0.2, 0) is 9.84 Å². The first kappa shape index (κ1) is 16.7. The number of rotatable bonds is 3. The fourth-order valence-corrected chi connectivity index (χ4v) is 3.48. The van der Waals surface area contributed by atoms with Crippen LogP contribution in [0.25, 0.3) is 0 Å². The van der Waals surface area contributed by atoms with E-state index in [1.54, 1.807) is 26.0 Å². The molecule has 2 unspecified atom stereocenters. The molecule has 1 aromatic carbocycles. The number of hydrogen-bond acceptors (Lipinski definition) is 3. The van der Waals surface area contributed by atoms with Crippen molar-refractivity contribution >= 4 is 15.9 Å². The van der Waals surface area contributed by atoms with E-state index in [4.69, 9.17) is 0 Å². The standard InChI is InChI=1S/C15H21FN2O3S/c1-10-4-5-12(8-14(10)16)11(2)17-15(19)18-7-6-13(9-18)22(3,20)21/h4-5,8,11,13H,6-7,9H2,1-3H3,(H,17,19).